The third-order valence-electron chi connectivity index (χ3n) is 3.30. The number of carbonyl (C=O) groups is 1. The molecule has 23 heavy (non-hydrogen) atoms. The Morgan fingerprint density at radius 3 is 2.70 bits per heavy atom. The maximum absolute atomic E-state index is 11.9. The second kappa shape index (κ2) is 6.15. The summed E-state index contributed by atoms with van der Waals surface area (Å²) in [6, 6.07) is 15.2. The molecule has 1 heterocycles. The van der Waals surface area contributed by atoms with Crippen LogP contribution in [0.5, 0.6) is 5.75 Å². The number of fused-ring (bicyclic) bond motifs is 1. The fraction of sp³-hybridized carbons (Fsp3) is 0. The molecule has 0 aliphatic rings. The highest BCUT2D eigenvalue weighted by molar-refractivity contribution is 5.97. The number of phenolic OH excluding ortho intramolecular Hbond substituents is 1. The monoisotopic (exact) mass is 307 g/mol. The molecule has 2 aromatic carbocycles. The lowest BCUT2D eigenvalue weighted by Gasteiger charge is -2.02. The number of rotatable bonds is 3. The normalized spacial score (nSPS) is 11.0. The molecule has 1 aromatic heterocycles. The van der Waals surface area contributed by atoms with Crippen molar-refractivity contribution in [3.63, 3.8) is 0 Å². The van der Waals surface area contributed by atoms with Crippen molar-refractivity contribution in [2.24, 2.45) is 5.10 Å². The van der Waals surface area contributed by atoms with E-state index in [9.17, 15) is 14.7 Å². The number of benzene rings is 2. The average molecular weight is 307 g/mol. The number of phenols is 1. The molecular formula is C17H13N3O3. The third kappa shape index (κ3) is 3.11. The van der Waals surface area contributed by atoms with E-state index >= 15 is 0 Å². The van der Waals surface area contributed by atoms with Crippen LogP contribution in [-0.2, 0) is 0 Å². The van der Waals surface area contributed by atoms with Crippen molar-refractivity contribution in [2.45, 2.75) is 0 Å². The Kier molecular flexibility index (Phi) is 3.88. The summed E-state index contributed by atoms with van der Waals surface area (Å²) in [7, 11) is 0. The summed E-state index contributed by atoms with van der Waals surface area (Å²) in [6.45, 7) is 0. The highest BCUT2D eigenvalue weighted by Gasteiger charge is 2.08. The number of hydrogen-bond acceptors (Lipinski definition) is 4. The molecule has 0 bridgehead atoms. The smallest absolute Gasteiger partial charge is 0.275 e. The summed E-state index contributed by atoms with van der Waals surface area (Å²) >= 11 is 0. The molecule has 0 radical (unpaired) electrons. The van der Waals surface area contributed by atoms with Gasteiger partial charge >= 0.3 is 0 Å². The molecule has 3 aromatic rings. The molecule has 0 unspecified atom stereocenters. The largest absolute Gasteiger partial charge is 0.507 e. The van der Waals surface area contributed by atoms with Gasteiger partial charge in [-0.1, -0.05) is 30.3 Å². The summed E-state index contributed by atoms with van der Waals surface area (Å²) in [6.07, 6.45) is 1.27. The van der Waals surface area contributed by atoms with Crippen molar-refractivity contribution in [1.82, 2.24) is 10.4 Å². The molecule has 6 heteroatoms. The number of hydrazone groups is 1. The molecule has 6 nitrogen and oxygen atoms in total. The van der Waals surface area contributed by atoms with E-state index in [1.807, 2.05) is 18.2 Å². The average Bonchev–Trinajstić information content (AvgIpc) is 2.55. The van der Waals surface area contributed by atoms with Crippen LogP contribution in [-0.4, -0.2) is 22.2 Å². The van der Waals surface area contributed by atoms with Crippen molar-refractivity contribution in [3.05, 3.63) is 76.1 Å². The lowest BCUT2D eigenvalue weighted by atomic mass is 10.2. The van der Waals surface area contributed by atoms with Crippen molar-refractivity contribution in [2.75, 3.05) is 0 Å². The number of aromatic nitrogens is 1. The van der Waals surface area contributed by atoms with Gasteiger partial charge in [-0.15, -0.1) is 0 Å². The van der Waals surface area contributed by atoms with Gasteiger partial charge in [0.25, 0.3) is 11.5 Å². The molecule has 0 atom stereocenters. The van der Waals surface area contributed by atoms with Gasteiger partial charge in [0.2, 0.25) is 0 Å². The van der Waals surface area contributed by atoms with E-state index < -0.39 is 5.91 Å². The molecule has 0 saturated carbocycles. The molecular weight excluding hydrogens is 294 g/mol. The lowest BCUT2D eigenvalue weighted by Crippen LogP contribution is -2.19. The van der Waals surface area contributed by atoms with E-state index in [0.29, 0.717) is 5.56 Å². The Hall–Kier alpha value is -3.41. The van der Waals surface area contributed by atoms with Crippen LogP contribution in [0.25, 0.3) is 10.9 Å². The van der Waals surface area contributed by atoms with Crippen molar-refractivity contribution >= 4 is 23.0 Å². The minimum absolute atomic E-state index is 0.108. The summed E-state index contributed by atoms with van der Waals surface area (Å²) in [5.74, 6) is -0.694. The van der Waals surface area contributed by atoms with E-state index in [4.69, 9.17) is 0 Å². The minimum atomic E-state index is -0.559. The number of H-pyrrole nitrogens is 1. The zero-order chi connectivity index (χ0) is 16.2. The molecule has 0 saturated heterocycles. The molecule has 114 valence electrons. The fourth-order valence-electron chi connectivity index (χ4n) is 2.15. The van der Waals surface area contributed by atoms with Gasteiger partial charge in [-0.3, -0.25) is 9.59 Å². The third-order valence-corrected chi connectivity index (χ3v) is 3.30. The van der Waals surface area contributed by atoms with Crippen LogP contribution >= 0.6 is 0 Å². The van der Waals surface area contributed by atoms with Gasteiger partial charge in [0, 0.05) is 5.52 Å². The lowest BCUT2D eigenvalue weighted by molar-refractivity contribution is 0.0952. The second-order valence-corrected chi connectivity index (χ2v) is 4.86. The van der Waals surface area contributed by atoms with E-state index in [1.54, 1.807) is 24.3 Å². The number of amides is 1. The molecule has 3 N–H and O–H groups in total. The van der Waals surface area contributed by atoms with E-state index in [2.05, 4.69) is 15.5 Å². The van der Waals surface area contributed by atoms with Gasteiger partial charge in [0.05, 0.1) is 17.3 Å². The predicted octanol–water partition coefficient (Wildman–Crippen LogP) is 2.00. The summed E-state index contributed by atoms with van der Waals surface area (Å²) in [5, 5.41) is 14.2. The first-order chi connectivity index (χ1) is 11.1. The highest BCUT2D eigenvalue weighted by Crippen LogP contribution is 2.14. The summed E-state index contributed by atoms with van der Waals surface area (Å²) in [4.78, 5) is 26.6. The van der Waals surface area contributed by atoms with Gasteiger partial charge in [-0.25, -0.2) is 5.43 Å². The highest BCUT2D eigenvalue weighted by atomic mass is 16.3. The topological polar surface area (TPSA) is 94.5 Å². The maximum atomic E-state index is 11.9. The number of aromatic amines is 1. The number of nitrogens with one attached hydrogen (secondary N) is 2. The first kappa shape index (κ1) is 14.5. The van der Waals surface area contributed by atoms with E-state index in [-0.39, 0.29) is 16.9 Å². The Balaban J connectivity index is 1.81. The van der Waals surface area contributed by atoms with Gasteiger partial charge in [-0.2, -0.15) is 5.10 Å². The quantitative estimate of drug-likeness (QED) is 0.510. The predicted molar refractivity (Wildman–Crippen MR) is 87.7 cm³/mol. The van der Waals surface area contributed by atoms with Crippen LogP contribution in [0, 0.1) is 0 Å². The molecule has 1 amide bonds. The number of para-hydroxylation sites is 2. The summed E-state index contributed by atoms with van der Waals surface area (Å²) in [5.41, 5.74) is 3.14. The second-order valence-electron chi connectivity index (χ2n) is 4.86. The van der Waals surface area contributed by atoms with Crippen LogP contribution < -0.4 is 11.0 Å². The van der Waals surface area contributed by atoms with Crippen molar-refractivity contribution in [3.8, 4) is 5.75 Å². The van der Waals surface area contributed by atoms with Crippen molar-refractivity contribution < 1.29 is 9.90 Å². The number of aromatic hydroxyl groups is 1. The van der Waals surface area contributed by atoms with Crippen LogP contribution in [0.3, 0.4) is 0 Å². The first-order valence-corrected chi connectivity index (χ1v) is 6.88. The molecule has 0 spiro atoms. The SMILES string of the molecule is O=C(N/N=C\c1cc2ccccc2[nH]c1=O)c1ccccc1O. The zero-order valence-electron chi connectivity index (χ0n) is 12.0. The number of nitrogens with zero attached hydrogens (tertiary/aromatic N) is 1. The van der Waals surface area contributed by atoms with Crippen molar-refractivity contribution in [1.29, 1.82) is 0 Å². The van der Waals surface area contributed by atoms with Crippen LogP contribution in [0.4, 0.5) is 0 Å². The van der Waals surface area contributed by atoms with Gasteiger partial charge < -0.3 is 10.1 Å². The first-order valence-electron chi connectivity index (χ1n) is 6.88. The number of pyridine rings is 1. The van der Waals surface area contributed by atoms with Gasteiger partial charge in [-0.05, 0) is 29.7 Å². The van der Waals surface area contributed by atoms with E-state index in [0.717, 1.165) is 10.9 Å². The van der Waals surface area contributed by atoms with Crippen LogP contribution in [0.15, 0.2) is 64.5 Å². The molecule has 0 fully saturated rings. The maximum Gasteiger partial charge on any atom is 0.275 e. The standard InChI is InChI=1S/C17H13N3O3/c21-15-8-4-2-6-13(15)17(23)20-18-10-12-9-11-5-1-3-7-14(11)19-16(12)22/h1-10,21H,(H,19,22)(H,20,23)/b18-10-. The Bertz CT molecular complexity index is 960. The Labute approximate surface area is 131 Å². The van der Waals surface area contributed by atoms with E-state index in [1.165, 1.54) is 18.3 Å². The zero-order valence-corrected chi connectivity index (χ0v) is 12.0. The van der Waals surface area contributed by atoms with Crippen LogP contribution in [0.2, 0.25) is 0 Å². The van der Waals surface area contributed by atoms with Gasteiger partial charge in [0.1, 0.15) is 5.75 Å². The fourth-order valence-corrected chi connectivity index (χ4v) is 2.15. The molecule has 3 rings (SSSR count). The Morgan fingerprint density at radius 1 is 1.13 bits per heavy atom. The molecule has 0 aliphatic carbocycles. The number of carbonyl (C=O) groups excluding carboxylic acids is 1. The summed E-state index contributed by atoms with van der Waals surface area (Å²) < 4.78 is 0. The van der Waals surface area contributed by atoms with Gasteiger partial charge in [0.15, 0.2) is 0 Å². The number of hydrogen-bond donors (Lipinski definition) is 3. The Morgan fingerprint density at radius 2 is 1.87 bits per heavy atom. The minimum Gasteiger partial charge on any atom is -0.507 e. The molecule has 0 aliphatic heterocycles. The van der Waals surface area contributed by atoms with Crippen LogP contribution in [0.1, 0.15) is 15.9 Å².